The first-order valence-electron chi connectivity index (χ1n) is 5.93. The zero-order valence-electron chi connectivity index (χ0n) is 10.7. The molecule has 2 rings (SSSR count). The molecule has 1 aliphatic heterocycles. The minimum atomic E-state index is -0.929. The molecule has 0 saturated carbocycles. The van der Waals surface area contributed by atoms with Gasteiger partial charge in [-0.1, -0.05) is 0 Å². The molecule has 0 fully saturated rings. The van der Waals surface area contributed by atoms with Crippen LogP contribution in [-0.4, -0.2) is 31.7 Å². The smallest absolute Gasteiger partial charge is 0.377 e. The molecule has 21 heavy (non-hydrogen) atoms. The molecule has 0 bridgehead atoms. The number of nitrogens with one attached hydrogen (secondary N) is 1. The highest BCUT2D eigenvalue weighted by Crippen LogP contribution is 2.14. The van der Waals surface area contributed by atoms with Crippen molar-refractivity contribution in [1.82, 2.24) is 0 Å². The molecule has 0 aliphatic carbocycles. The van der Waals surface area contributed by atoms with E-state index in [1.54, 1.807) is 0 Å². The second kappa shape index (κ2) is 6.69. The van der Waals surface area contributed by atoms with Crippen molar-refractivity contribution in [3.63, 3.8) is 0 Å². The first-order chi connectivity index (χ1) is 10.1. The maximum absolute atomic E-state index is 13.3. The maximum atomic E-state index is 13.3. The average molecular weight is 299 g/mol. The molecule has 0 atom stereocenters. The number of ether oxygens (including phenoxy) is 3. The van der Waals surface area contributed by atoms with Crippen molar-refractivity contribution in [2.24, 2.45) is 0 Å². The van der Waals surface area contributed by atoms with Gasteiger partial charge in [-0.2, -0.15) is 0 Å². The van der Waals surface area contributed by atoms with E-state index < -0.39 is 30.1 Å². The lowest BCUT2D eigenvalue weighted by molar-refractivity contribution is -0.148. The van der Waals surface area contributed by atoms with Gasteiger partial charge in [0.25, 0.3) is 5.91 Å². The molecule has 1 aliphatic rings. The van der Waals surface area contributed by atoms with Gasteiger partial charge in [0.05, 0.1) is 5.69 Å². The van der Waals surface area contributed by atoms with Crippen LogP contribution in [0, 0.1) is 11.6 Å². The minimum Gasteiger partial charge on any atom is -0.493 e. The predicted octanol–water partition coefficient (Wildman–Crippen LogP) is 1.33. The van der Waals surface area contributed by atoms with Crippen molar-refractivity contribution in [2.45, 2.75) is 0 Å². The minimum absolute atomic E-state index is 0.151. The van der Waals surface area contributed by atoms with Crippen molar-refractivity contribution < 1.29 is 32.6 Å². The van der Waals surface area contributed by atoms with Gasteiger partial charge in [-0.05, 0) is 12.1 Å². The molecule has 0 spiro atoms. The maximum Gasteiger partial charge on any atom is 0.377 e. The molecule has 8 heteroatoms. The number of carbonyl (C=O) groups excluding carboxylic acids is 2. The Morgan fingerprint density at radius 1 is 1.29 bits per heavy atom. The van der Waals surface area contributed by atoms with Gasteiger partial charge in [0, 0.05) is 6.07 Å². The van der Waals surface area contributed by atoms with Gasteiger partial charge in [-0.15, -0.1) is 0 Å². The lowest BCUT2D eigenvalue weighted by atomic mass is 10.3. The second-order valence-corrected chi connectivity index (χ2v) is 3.95. The van der Waals surface area contributed by atoms with E-state index >= 15 is 0 Å². The van der Waals surface area contributed by atoms with E-state index in [0.29, 0.717) is 12.7 Å². The Labute approximate surface area is 118 Å². The molecule has 112 valence electrons. The van der Waals surface area contributed by atoms with E-state index in [1.807, 2.05) is 0 Å². The van der Waals surface area contributed by atoms with E-state index in [9.17, 15) is 18.4 Å². The van der Waals surface area contributed by atoms with E-state index in [2.05, 4.69) is 10.1 Å². The SMILES string of the molecule is O=C(COC(=O)C1=COCCO1)Nc1ccc(F)cc1F. The molecule has 1 aromatic rings. The molecule has 1 amide bonds. The Hall–Kier alpha value is -2.64. The van der Waals surface area contributed by atoms with Gasteiger partial charge < -0.3 is 19.5 Å². The van der Waals surface area contributed by atoms with E-state index in [0.717, 1.165) is 18.4 Å². The highest BCUT2D eigenvalue weighted by atomic mass is 19.1. The fourth-order valence-corrected chi connectivity index (χ4v) is 1.45. The van der Waals surface area contributed by atoms with Crippen LogP contribution in [0.5, 0.6) is 0 Å². The zero-order valence-corrected chi connectivity index (χ0v) is 10.7. The fourth-order valence-electron chi connectivity index (χ4n) is 1.45. The van der Waals surface area contributed by atoms with Crippen molar-refractivity contribution in [1.29, 1.82) is 0 Å². The number of hydrogen-bond donors (Lipinski definition) is 1. The summed E-state index contributed by atoms with van der Waals surface area (Å²) < 4.78 is 40.5. The van der Waals surface area contributed by atoms with Crippen molar-refractivity contribution in [2.75, 3.05) is 25.1 Å². The number of benzene rings is 1. The molecule has 6 nitrogen and oxygen atoms in total. The van der Waals surface area contributed by atoms with Crippen molar-refractivity contribution >= 4 is 17.6 Å². The van der Waals surface area contributed by atoms with Gasteiger partial charge >= 0.3 is 5.97 Å². The number of amides is 1. The van der Waals surface area contributed by atoms with Gasteiger partial charge in [0.15, 0.2) is 6.61 Å². The van der Waals surface area contributed by atoms with Crippen LogP contribution >= 0.6 is 0 Å². The fraction of sp³-hybridized carbons (Fsp3) is 0.231. The average Bonchev–Trinajstić information content (AvgIpc) is 2.48. The van der Waals surface area contributed by atoms with Gasteiger partial charge in [0.2, 0.25) is 5.76 Å². The second-order valence-electron chi connectivity index (χ2n) is 3.95. The Morgan fingerprint density at radius 2 is 2.10 bits per heavy atom. The molecule has 1 aromatic carbocycles. The molecular formula is C13H11F2NO5. The van der Waals surface area contributed by atoms with Crippen LogP contribution in [0.4, 0.5) is 14.5 Å². The number of hydrogen-bond acceptors (Lipinski definition) is 5. The van der Waals surface area contributed by atoms with Crippen LogP contribution in [0.15, 0.2) is 30.2 Å². The quantitative estimate of drug-likeness (QED) is 0.849. The summed E-state index contributed by atoms with van der Waals surface area (Å²) in [5.74, 6) is -3.49. The standard InChI is InChI=1S/C13H11F2NO5/c14-8-1-2-10(9(15)5-8)16-12(17)7-21-13(18)11-6-19-3-4-20-11/h1-2,5-6H,3-4,7H2,(H,16,17). The third-order valence-corrected chi connectivity index (χ3v) is 2.39. The summed E-state index contributed by atoms with van der Waals surface area (Å²) in [7, 11) is 0. The molecular weight excluding hydrogens is 288 g/mol. The topological polar surface area (TPSA) is 73.9 Å². The number of carbonyl (C=O) groups is 2. The lowest BCUT2D eigenvalue weighted by Crippen LogP contribution is -2.24. The number of rotatable bonds is 4. The Morgan fingerprint density at radius 3 is 2.76 bits per heavy atom. The third-order valence-electron chi connectivity index (χ3n) is 2.39. The molecule has 0 saturated heterocycles. The van der Waals surface area contributed by atoms with Crippen LogP contribution in [-0.2, 0) is 23.8 Å². The summed E-state index contributed by atoms with van der Waals surface area (Å²) in [5.41, 5.74) is -0.214. The van der Waals surface area contributed by atoms with Crippen molar-refractivity contribution in [3.8, 4) is 0 Å². The largest absolute Gasteiger partial charge is 0.493 e. The summed E-state index contributed by atoms with van der Waals surface area (Å²) >= 11 is 0. The first kappa shape index (κ1) is 14.8. The highest BCUT2D eigenvalue weighted by Gasteiger charge is 2.18. The predicted molar refractivity (Wildman–Crippen MR) is 65.9 cm³/mol. The van der Waals surface area contributed by atoms with Gasteiger partial charge in [-0.25, -0.2) is 13.6 Å². The zero-order chi connectivity index (χ0) is 15.2. The van der Waals surface area contributed by atoms with E-state index in [4.69, 9.17) is 9.47 Å². The number of halogens is 2. The summed E-state index contributed by atoms with van der Waals surface area (Å²) in [5, 5.41) is 2.15. The Balaban J connectivity index is 1.84. The molecule has 0 aromatic heterocycles. The molecule has 1 heterocycles. The summed E-state index contributed by atoms with van der Waals surface area (Å²) in [4.78, 5) is 23.0. The normalized spacial score (nSPS) is 13.5. The van der Waals surface area contributed by atoms with Gasteiger partial charge in [-0.3, -0.25) is 4.79 Å². The van der Waals surface area contributed by atoms with E-state index in [-0.39, 0.29) is 18.1 Å². The Bertz CT molecular complexity index is 588. The first-order valence-corrected chi connectivity index (χ1v) is 5.93. The Kier molecular flexibility index (Phi) is 4.70. The number of anilines is 1. The van der Waals surface area contributed by atoms with Crippen LogP contribution in [0.25, 0.3) is 0 Å². The van der Waals surface area contributed by atoms with Crippen molar-refractivity contribution in [3.05, 3.63) is 41.9 Å². The van der Waals surface area contributed by atoms with Crippen LogP contribution in [0.1, 0.15) is 0 Å². The van der Waals surface area contributed by atoms with Crippen LogP contribution in [0.3, 0.4) is 0 Å². The summed E-state index contributed by atoms with van der Waals surface area (Å²) in [6.07, 6.45) is 1.09. The van der Waals surface area contributed by atoms with Crippen LogP contribution in [0.2, 0.25) is 0 Å². The van der Waals surface area contributed by atoms with Crippen LogP contribution < -0.4 is 5.32 Å². The molecule has 0 unspecified atom stereocenters. The van der Waals surface area contributed by atoms with E-state index in [1.165, 1.54) is 0 Å². The molecule has 1 N–H and O–H groups in total. The summed E-state index contributed by atoms with van der Waals surface area (Å²) in [6.45, 7) is -0.120. The van der Waals surface area contributed by atoms with Gasteiger partial charge in [0.1, 0.15) is 31.1 Å². The number of esters is 1. The lowest BCUT2D eigenvalue weighted by Gasteiger charge is -2.14. The highest BCUT2D eigenvalue weighted by molar-refractivity contribution is 5.94. The molecule has 0 radical (unpaired) electrons. The third kappa shape index (κ3) is 4.16. The monoisotopic (exact) mass is 299 g/mol. The summed E-state index contributed by atoms with van der Waals surface area (Å²) in [6, 6.07) is 2.67.